The first kappa shape index (κ1) is 15.3. The van der Waals surface area contributed by atoms with Crippen LogP contribution in [0.25, 0.3) is 16.7 Å². The molecule has 0 saturated carbocycles. The van der Waals surface area contributed by atoms with Crippen LogP contribution in [0.1, 0.15) is 18.1 Å². The topological polar surface area (TPSA) is 17.8 Å². The zero-order chi connectivity index (χ0) is 15.1. The zero-order valence-corrected chi connectivity index (χ0v) is 15.6. The molecule has 21 heavy (non-hydrogen) atoms. The summed E-state index contributed by atoms with van der Waals surface area (Å²) in [6, 6.07) is 11.7. The highest BCUT2D eigenvalue weighted by Crippen LogP contribution is 2.35. The van der Waals surface area contributed by atoms with Gasteiger partial charge in [-0.1, -0.05) is 33.6 Å². The fraction of sp³-hybridized carbons (Fsp3) is 0.133. The highest BCUT2D eigenvalue weighted by molar-refractivity contribution is 9.11. The molecule has 0 aliphatic carbocycles. The molecule has 0 aliphatic rings. The molecular formula is C15H10Br2Cl2N2. The number of hydrogen-bond acceptors (Lipinski definition) is 1. The average molecular weight is 449 g/mol. The monoisotopic (exact) mass is 446 g/mol. The maximum Gasteiger partial charge on any atom is 0.132 e. The number of fused-ring (bicyclic) bond motifs is 1. The molecule has 0 aliphatic heterocycles. The Hall–Kier alpha value is -0.550. The molecule has 108 valence electrons. The number of rotatable bonds is 2. The van der Waals surface area contributed by atoms with Gasteiger partial charge in [0.05, 0.1) is 27.1 Å². The summed E-state index contributed by atoms with van der Waals surface area (Å²) in [5, 5.41) is 0.419. The third-order valence-corrected chi connectivity index (χ3v) is 4.79. The molecule has 0 amide bonds. The van der Waals surface area contributed by atoms with Crippen LogP contribution in [0.15, 0.2) is 45.3 Å². The molecule has 1 aromatic heterocycles. The summed E-state index contributed by atoms with van der Waals surface area (Å²) in [4.78, 5) is 4.63. The second kappa shape index (κ2) is 5.92. The first-order valence-electron chi connectivity index (χ1n) is 6.25. The van der Waals surface area contributed by atoms with Gasteiger partial charge < -0.3 is 0 Å². The van der Waals surface area contributed by atoms with Crippen molar-refractivity contribution in [3.05, 3.63) is 56.2 Å². The summed E-state index contributed by atoms with van der Waals surface area (Å²) in [6.07, 6.45) is 0. The number of benzene rings is 2. The number of para-hydroxylation sites is 1. The molecule has 3 aromatic rings. The number of aromatic nitrogens is 2. The maximum atomic E-state index is 6.39. The van der Waals surface area contributed by atoms with Crippen LogP contribution in [0.2, 0.25) is 5.02 Å². The van der Waals surface area contributed by atoms with Gasteiger partial charge in [0.2, 0.25) is 0 Å². The Kier molecular flexibility index (Phi) is 4.33. The van der Waals surface area contributed by atoms with Crippen molar-refractivity contribution < 1.29 is 0 Å². The van der Waals surface area contributed by atoms with Gasteiger partial charge >= 0.3 is 0 Å². The molecule has 1 atom stereocenters. The largest absolute Gasteiger partial charge is 0.292 e. The summed E-state index contributed by atoms with van der Waals surface area (Å²) in [5.74, 6) is 0.766. The Morgan fingerprint density at radius 3 is 2.62 bits per heavy atom. The van der Waals surface area contributed by atoms with Gasteiger partial charge in [-0.05, 0) is 53.2 Å². The van der Waals surface area contributed by atoms with E-state index in [0.717, 1.165) is 31.5 Å². The Morgan fingerprint density at radius 2 is 1.95 bits per heavy atom. The first-order valence-corrected chi connectivity index (χ1v) is 8.65. The van der Waals surface area contributed by atoms with Gasteiger partial charge in [0.1, 0.15) is 5.82 Å². The standard InChI is InChI=1S/C15H10Br2Cl2N2/c1-8(18)15-20-12-4-2-3-11(19)14(12)21(15)13-6-5-9(16)7-10(13)17/h2-8H,1H3. The van der Waals surface area contributed by atoms with Crippen molar-refractivity contribution >= 4 is 66.1 Å². The zero-order valence-electron chi connectivity index (χ0n) is 10.9. The number of nitrogens with zero attached hydrogens (tertiary/aromatic N) is 2. The molecule has 6 heteroatoms. The molecule has 0 fully saturated rings. The van der Waals surface area contributed by atoms with Crippen LogP contribution in [0.5, 0.6) is 0 Å². The van der Waals surface area contributed by atoms with Crippen molar-refractivity contribution in [3.8, 4) is 5.69 Å². The van der Waals surface area contributed by atoms with Crippen molar-refractivity contribution in [3.63, 3.8) is 0 Å². The molecule has 2 nitrogen and oxygen atoms in total. The molecule has 0 saturated heterocycles. The lowest BCUT2D eigenvalue weighted by atomic mass is 10.2. The summed E-state index contributed by atoms with van der Waals surface area (Å²) in [5.41, 5.74) is 2.65. The number of imidazole rings is 1. The maximum absolute atomic E-state index is 6.39. The van der Waals surface area contributed by atoms with Crippen LogP contribution < -0.4 is 0 Å². The van der Waals surface area contributed by atoms with Crippen LogP contribution in [-0.4, -0.2) is 9.55 Å². The molecule has 0 N–H and O–H groups in total. The van der Waals surface area contributed by atoms with E-state index in [0.29, 0.717) is 5.02 Å². The molecule has 1 heterocycles. The predicted molar refractivity (Wildman–Crippen MR) is 95.7 cm³/mol. The smallest absolute Gasteiger partial charge is 0.132 e. The Bertz CT molecular complexity index is 828. The number of alkyl halides is 1. The van der Waals surface area contributed by atoms with E-state index in [1.165, 1.54) is 0 Å². The van der Waals surface area contributed by atoms with E-state index >= 15 is 0 Å². The van der Waals surface area contributed by atoms with Gasteiger partial charge in [-0.25, -0.2) is 4.98 Å². The fourth-order valence-electron chi connectivity index (χ4n) is 2.28. The highest BCUT2D eigenvalue weighted by atomic mass is 79.9. The molecule has 3 rings (SSSR count). The first-order chi connectivity index (χ1) is 9.99. The van der Waals surface area contributed by atoms with E-state index in [4.69, 9.17) is 23.2 Å². The van der Waals surface area contributed by atoms with Crippen molar-refractivity contribution in [2.75, 3.05) is 0 Å². The van der Waals surface area contributed by atoms with Gasteiger partial charge in [0, 0.05) is 8.95 Å². The van der Waals surface area contributed by atoms with E-state index in [1.54, 1.807) is 0 Å². The third kappa shape index (κ3) is 2.74. The van der Waals surface area contributed by atoms with Crippen LogP contribution in [0.4, 0.5) is 0 Å². The van der Waals surface area contributed by atoms with E-state index in [2.05, 4.69) is 36.8 Å². The van der Waals surface area contributed by atoms with Crippen LogP contribution in [-0.2, 0) is 0 Å². The minimum absolute atomic E-state index is 0.232. The Morgan fingerprint density at radius 1 is 1.19 bits per heavy atom. The van der Waals surface area contributed by atoms with Crippen LogP contribution in [0.3, 0.4) is 0 Å². The van der Waals surface area contributed by atoms with Crippen molar-refractivity contribution in [2.45, 2.75) is 12.3 Å². The summed E-state index contributed by atoms with van der Waals surface area (Å²) in [7, 11) is 0. The minimum Gasteiger partial charge on any atom is -0.292 e. The number of hydrogen-bond donors (Lipinski definition) is 0. The van der Waals surface area contributed by atoms with Crippen LogP contribution in [0, 0.1) is 0 Å². The molecule has 0 spiro atoms. The summed E-state index contributed by atoms with van der Waals surface area (Å²) in [6.45, 7) is 1.90. The third-order valence-electron chi connectivity index (χ3n) is 3.16. The average Bonchev–Trinajstić information content (AvgIpc) is 2.80. The number of halogens is 4. The summed E-state index contributed by atoms with van der Waals surface area (Å²) < 4.78 is 3.94. The molecule has 0 radical (unpaired) electrons. The predicted octanol–water partition coefficient (Wildman–Crippen LogP) is 6.50. The lowest BCUT2D eigenvalue weighted by Crippen LogP contribution is -2.03. The van der Waals surface area contributed by atoms with E-state index in [1.807, 2.05) is 47.9 Å². The highest BCUT2D eigenvalue weighted by Gasteiger charge is 2.19. The molecular weight excluding hydrogens is 439 g/mol. The van der Waals surface area contributed by atoms with Crippen LogP contribution >= 0.6 is 55.1 Å². The van der Waals surface area contributed by atoms with Gasteiger partial charge in [-0.15, -0.1) is 11.6 Å². The minimum atomic E-state index is -0.232. The lowest BCUT2D eigenvalue weighted by Gasteiger charge is -2.13. The van der Waals surface area contributed by atoms with Gasteiger partial charge in [0.25, 0.3) is 0 Å². The quantitative estimate of drug-likeness (QED) is 0.409. The van der Waals surface area contributed by atoms with E-state index in [-0.39, 0.29) is 5.38 Å². The van der Waals surface area contributed by atoms with Gasteiger partial charge in [-0.3, -0.25) is 4.57 Å². The Labute approximate surface area is 149 Å². The van der Waals surface area contributed by atoms with Crippen molar-refractivity contribution in [1.29, 1.82) is 0 Å². The Balaban J connectivity index is 2.41. The van der Waals surface area contributed by atoms with Crippen molar-refractivity contribution in [2.24, 2.45) is 0 Å². The van der Waals surface area contributed by atoms with Crippen molar-refractivity contribution in [1.82, 2.24) is 9.55 Å². The second-order valence-corrected chi connectivity index (χ2v) is 7.46. The molecule has 1 unspecified atom stereocenters. The fourth-order valence-corrected chi connectivity index (χ4v) is 3.90. The summed E-state index contributed by atoms with van der Waals surface area (Å²) >= 11 is 19.8. The van der Waals surface area contributed by atoms with E-state index in [9.17, 15) is 0 Å². The van der Waals surface area contributed by atoms with Gasteiger partial charge in [0.15, 0.2) is 0 Å². The molecule has 0 bridgehead atoms. The normalized spacial score (nSPS) is 12.8. The van der Waals surface area contributed by atoms with Gasteiger partial charge in [-0.2, -0.15) is 0 Å². The second-order valence-electron chi connectivity index (χ2n) is 4.62. The lowest BCUT2D eigenvalue weighted by molar-refractivity contribution is 0.880. The van der Waals surface area contributed by atoms with E-state index < -0.39 is 0 Å². The molecule has 2 aromatic carbocycles. The SMILES string of the molecule is CC(Cl)c1nc2cccc(Cl)c2n1-c1ccc(Br)cc1Br.